The molecule has 94 valence electrons. The largest absolute Gasteiger partial charge is 0.481 e. The standard InChI is InChI=1S/C14H14O3S/c1-14(17,11-8-5-9-18-11)12(13(15)16)10-6-3-2-4-7-10/h2-9,12,17H,1H3,(H,15,16). The van der Waals surface area contributed by atoms with Gasteiger partial charge < -0.3 is 10.2 Å². The number of aliphatic hydroxyl groups is 1. The van der Waals surface area contributed by atoms with Crippen LogP contribution in [0.15, 0.2) is 47.8 Å². The SMILES string of the molecule is CC(O)(c1cccs1)C(C(=O)O)c1ccccc1. The highest BCUT2D eigenvalue weighted by Crippen LogP contribution is 2.38. The number of carboxylic acids is 1. The van der Waals surface area contributed by atoms with Gasteiger partial charge in [-0.05, 0) is 23.9 Å². The molecule has 0 aliphatic rings. The van der Waals surface area contributed by atoms with E-state index in [-0.39, 0.29) is 0 Å². The van der Waals surface area contributed by atoms with E-state index >= 15 is 0 Å². The summed E-state index contributed by atoms with van der Waals surface area (Å²) in [7, 11) is 0. The topological polar surface area (TPSA) is 57.5 Å². The minimum atomic E-state index is -1.42. The molecule has 0 fully saturated rings. The van der Waals surface area contributed by atoms with E-state index in [1.54, 1.807) is 43.3 Å². The second-order valence-electron chi connectivity index (χ2n) is 4.31. The van der Waals surface area contributed by atoms with Gasteiger partial charge in [-0.15, -0.1) is 11.3 Å². The predicted octanol–water partition coefficient (Wildman–Crippen LogP) is 2.82. The van der Waals surface area contributed by atoms with Crippen molar-refractivity contribution >= 4 is 17.3 Å². The second kappa shape index (κ2) is 4.92. The Morgan fingerprint density at radius 1 is 1.22 bits per heavy atom. The smallest absolute Gasteiger partial charge is 0.314 e. The number of thiophene rings is 1. The van der Waals surface area contributed by atoms with Crippen LogP contribution < -0.4 is 0 Å². The summed E-state index contributed by atoms with van der Waals surface area (Å²) in [5.41, 5.74) is -0.815. The number of hydrogen-bond acceptors (Lipinski definition) is 3. The monoisotopic (exact) mass is 262 g/mol. The van der Waals surface area contributed by atoms with Crippen LogP contribution >= 0.6 is 11.3 Å². The molecule has 4 heteroatoms. The Hall–Kier alpha value is -1.65. The van der Waals surface area contributed by atoms with Crippen LogP contribution in [0.3, 0.4) is 0 Å². The van der Waals surface area contributed by atoms with Crippen LogP contribution in [0.2, 0.25) is 0 Å². The lowest BCUT2D eigenvalue weighted by molar-refractivity contribution is -0.145. The van der Waals surface area contributed by atoms with E-state index in [1.165, 1.54) is 11.3 Å². The van der Waals surface area contributed by atoms with Gasteiger partial charge in [0.25, 0.3) is 0 Å². The van der Waals surface area contributed by atoms with Crippen molar-refractivity contribution in [1.29, 1.82) is 0 Å². The summed E-state index contributed by atoms with van der Waals surface area (Å²) >= 11 is 1.36. The summed E-state index contributed by atoms with van der Waals surface area (Å²) in [5, 5.41) is 21.8. The fourth-order valence-corrected chi connectivity index (χ4v) is 2.88. The number of benzene rings is 1. The van der Waals surface area contributed by atoms with E-state index in [4.69, 9.17) is 0 Å². The van der Waals surface area contributed by atoms with Crippen LogP contribution in [0.5, 0.6) is 0 Å². The Balaban J connectivity index is 2.46. The van der Waals surface area contributed by atoms with Crippen molar-refractivity contribution in [3.05, 3.63) is 58.3 Å². The summed E-state index contributed by atoms with van der Waals surface area (Å²) < 4.78 is 0. The van der Waals surface area contributed by atoms with Crippen molar-refractivity contribution in [2.24, 2.45) is 0 Å². The molecular weight excluding hydrogens is 248 g/mol. The molecule has 0 bridgehead atoms. The van der Waals surface area contributed by atoms with Crippen molar-refractivity contribution < 1.29 is 15.0 Å². The zero-order chi connectivity index (χ0) is 13.2. The van der Waals surface area contributed by atoms with Crippen LogP contribution in [0.25, 0.3) is 0 Å². The minimum absolute atomic E-state index is 0.600. The van der Waals surface area contributed by atoms with Gasteiger partial charge in [-0.2, -0.15) is 0 Å². The Morgan fingerprint density at radius 2 is 1.89 bits per heavy atom. The Morgan fingerprint density at radius 3 is 2.39 bits per heavy atom. The molecule has 1 aromatic heterocycles. The first-order chi connectivity index (χ1) is 8.53. The van der Waals surface area contributed by atoms with E-state index in [9.17, 15) is 15.0 Å². The summed E-state index contributed by atoms with van der Waals surface area (Å²) in [6.45, 7) is 1.55. The Labute approximate surface area is 109 Å². The van der Waals surface area contributed by atoms with Crippen molar-refractivity contribution in [2.75, 3.05) is 0 Å². The van der Waals surface area contributed by atoms with Crippen LogP contribution in [0, 0.1) is 0 Å². The zero-order valence-corrected chi connectivity index (χ0v) is 10.7. The van der Waals surface area contributed by atoms with Gasteiger partial charge in [0.05, 0.1) is 0 Å². The first-order valence-electron chi connectivity index (χ1n) is 5.57. The fraction of sp³-hybridized carbons (Fsp3) is 0.214. The molecule has 2 aromatic rings. The van der Waals surface area contributed by atoms with E-state index in [1.807, 2.05) is 11.4 Å². The van der Waals surface area contributed by atoms with E-state index in [0.717, 1.165) is 0 Å². The molecule has 2 rings (SSSR count). The Kier molecular flexibility index (Phi) is 3.50. The predicted molar refractivity (Wildman–Crippen MR) is 70.7 cm³/mol. The molecule has 3 nitrogen and oxygen atoms in total. The van der Waals surface area contributed by atoms with Gasteiger partial charge in [0.2, 0.25) is 0 Å². The highest BCUT2D eigenvalue weighted by Gasteiger charge is 2.40. The lowest BCUT2D eigenvalue weighted by Gasteiger charge is -2.29. The molecule has 2 N–H and O–H groups in total. The van der Waals surface area contributed by atoms with Crippen molar-refractivity contribution in [3.8, 4) is 0 Å². The molecule has 18 heavy (non-hydrogen) atoms. The average molecular weight is 262 g/mol. The van der Waals surface area contributed by atoms with Crippen LogP contribution in [-0.4, -0.2) is 16.2 Å². The summed E-state index contributed by atoms with van der Waals surface area (Å²) in [6.07, 6.45) is 0. The first kappa shape index (κ1) is 12.8. The molecule has 0 spiro atoms. The zero-order valence-electron chi connectivity index (χ0n) is 9.91. The maximum atomic E-state index is 11.5. The molecule has 2 unspecified atom stereocenters. The van der Waals surface area contributed by atoms with Crippen LogP contribution in [0.1, 0.15) is 23.3 Å². The first-order valence-corrected chi connectivity index (χ1v) is 6.45. The Bertz CT molecular complexity index is 517. The normalized spacial score (nSPS) is 15.9. The van der Waals surface area contributed by atoms with Gasteiger partial charge in [-0.1, -0.05) is 36.4 Å². The summed E-state index contributed by atoms with van der Waals surface area (Å²) in [5.74, 6) is -2.00. The number of hydrogen-bond donors (Lipinski definition) is 2. The maximum absolute atomic E-state index is 11.5. The van der Waals surface area contributed by atoms with Gasteiger partial charge >= 0.3 is 5.97 Å². The van der Waals surface area contributed by atoms with E-state index in [2.05, 4.69) is 0 Å². The summed E-state index contributed by atoms with van der Waals surface area (Å²) in [4.78, 5) is 12.1. The molecule has 2 atom stereocenters. The van der Waals surface area contributed by atoms with Crippen molar-refractivity contribution in [2.45, 2.75) is 18.4 Å². The molecular formula is C14H14O3S. The molecule has 0 aliphatic heterocycles. The molecule has 0 radical (unpaired) electrons. The van der Waals surface area contributed by atoms with Gasteiger partial charge in [0.15, 0.2) is 0 Å². The third-order valence-corrected chi connectivity index (χ3v) is 4.06. The van der Waals surface area contributed by atoms with Crippen LogP contribution in [0.4, 0.5) is 0 Å². The quantitative estimate of drug-likeness (QED) is 0.890. The number of carbonyl (C=O) groups is 1. The van der Waals surface area contributed by atoms with Crippen LogP contribution in [-0.2, 0) is 10.4 Å². The van der Waals surface area contributed by atoms with E-state index < -0.39 is 17.5 Å². The van der Waals surface area contributed by atoms with Crippen molar-refractivity contribution in [1.82, 2.24) is 0 Å². The number of carboxylic acid groups (broad SMARTS) is 1. The molecule has 0 saturated heterocycles. The minimum Gasteiger partial charge on any atom is -0.481 e. The lowest BCUT2D eigenvalue weighted by atomic mass is 9.82. The second-order valence-corrected chi connectivity index (χ2v) is 5.25. The third-order valence-electron chi connectivity index (χ3n) is 2.96. The van der Waals surface area contributed by atoms with Gasteiger partial charge in [-0.3, -0.25) is 4.79 Å². The summed E-state index contributed by atoms with van der Waals surface area (Å²) in [6, 6.07) is 12.4. The fourth-order valence-electron chi connectivity index (χ4n) is 2.06. The van der Waals surface area contributed by atoms with Gasteiger partial charge in [0.1, 0.15) is 11.5 Å². The number of aliphatic carboxylic acids is 1. The third kappa shape index (κ3) is 2.30. The molecule has 0 amide bonds. The average Bonchev–Trinajstić information content (AvgIpc) is 2.83. The highest BCUT2D eigenvalue weighted by molar-refractivity contribution is 7.10. The number of rotatable bonds is 4. The maximum Gasteiger partial charge on any atom is 0.314 e. The molecule has 1 heterocycles. The highest BCUT2D eigenvalue weighted by atomic mass is 32.1. The van der Waals surface area contributed by atoms with Crippen molar-refractivity contribution in [3.63, 3.8) is 0 Å². The lowest BCUT2D eigenvalue weighted by Crippen LogP contribution is -2.34. The van der Waals surface area contributed by atoms with Gasteiger partial charge in [-0.25, -0.2) is 0 Å². The molecule has 0 aliphatic carbocycles. The van der Waals surface area contributed by atoms with Gasteiger partial charge in [0, 0.05) is 4.88 Å². The molecule has 0 saturated carbocycles. The van der Waals surface area contributed by atoms with E-state index in [0.29, 0.717) is 10.4 Å². The molecule has 1 aromatic carbocycles.